The van der Waals surface area contributed by atoms with E-state index in [2.05, 4.69) is 20.8 Å². The molecule has 0 aromatic heterocycles. The summed E-state index contributed by atoms with van der Waals surface area (Å²) in [6.45, 7) is 6.55. The van der Waals surface area contributed by atoms with Crippen LogP contribution in [0.4, 0.5) is 0 Å². The average Bonchev–Trinajstić information content (AvgIpc) is 2.60. The Morgan fingerprint density at radius 1 is 1.42 bits per heavy atom. The molecule has 1 unspecified atom stereocenters. The molecule has 0 radical (unpaired) electrons. The Labute approximate surface area is 75.5 Å². The van der Waals surface area contributed by atoms with Crippen LogP contribution in [-0.2, 0) is 4.79 Å². The summed E-state index contributed by atoms with van der Waals surface area (Å²) in [6, 6.07) is 0. The molecule has 0 aromatic rings. The van der Waals surface area contributed by atoms with Crippen LogP contribution in [0.2, 0.25) is 0 Å². The summed E-state index contributed by atoms with van der Waals surface area (Å²) < 4.78 is 0. The molecule has 0 aromatic carbocycles. The van der Waals surface area contributed by atoms with Crippen molar-refractivity contribution in [3.8, 4) is 0 Å². The SMILES string of the molecule is CCCCCC(=O)C1CC1(C)C. The van der Waals surface area contributed by atoms with Crippen molar-refractivity contribution in [1.82, 2.24) is 0 Å². The molecule has 0 spiro atoms. The molecule has 1 saturated carbocycles. The Morgan fingerprint density at radius 3 is 2.42 bits per heavy atom. The highest BCUT2D eigenvalue weighted by atomic mass is 16.1. The highest BCUT2D eigenvalue weighted by molar-refractivity contribution is 5.84. The molecule has 70 valence electrons. The summed E-state index contributed by atoms with van der Waals surface area (Å²) in [5.41, 5.74) is 0.337. The first-order chi connectivity index (χ1) is 5.58. The van der Waals surface area contributed by atoms with Crippen LogP contribution >= 0.6 is 0 Å². The van der Waals surface area contributed by atoms with Crippen LogP contribution in [0.3, 0.4) is 0 Å². The van der Waals surface area contributed by atoms with Crippen molar-refractivity contribution in [1.29, 1.82) is 0 Å². The van der Waals surface area contributed by atoms with E-state index in [1.807, 2.05) is 0 Å². The van der Waals surface area contributed by atoms with Gasteiger partial charge in [-0.15, -0.1) is 0 Å². The number of carbonyl (C=O) groups excluding carboxylic acids is 1. The Morgan fingerprint density at radius 2 is 2.00 bits per heavy atom. The van der Waals surface area contributed by atoms with Crippen molar-refractivity contribution in [2.45, 2.75) is 52.9 Å². The van der Waals surface area contributed by atoms with Gasteiger partial charge in [-0.1, -0.05) is 33.6 Å². The molecule has 1 nitrogen and oxygen atoms in total. The maximum Gasteiger partial charge on any atom is 0.136 e. The predicted octanol–water partition coefficient (Wildman–Crippen LogP) is 3.18. The van der Waals surface area contributed by atoms with Crippen molar-refractivity contribution in [2.24, 2.45) is 11.3 Å². The summed E-state index contributed by atoms with van der Waals surface area (Å²) in [5, 5.41) is 0. The predicted molar refractivity (Wildman–Crippen MR) is 51.0 cm³/mol. The van der Waals surface area contributed by atoms with Gasteiger partial charge in [-0.3, -0.25) is 4.79 Å². The molecular formula is C11H20O. The smallest absolute Gasteiger partial charge is 0.136 e. The lowest BCUT2D eigenvalue weighted by molar-refractivity contribution is -0.121. The molecule has 0 amide bonds. The zero-order valence-corrected chi connectivity index (χ0v) is 8.52. The van der Waals surface area contributed by atoms with Gasteiger partial charge in [0.1, 0.15) is 5.78 Å². The van der Waals surface area contributed by atoms with Gasteiger partial charge in [-0.05, 0) is 18.3 Å². The van der Waals surface area contributed by atoms with Gasteiger partial charge in [0.05, 0.1) is 0 Å². The number of hydrogen-bond donors (Lipinski definition) is 0. The number of carbonyl (C=O) groups is 1. The van der Waals surface area contributed by atoms with E-state index < -0.39 is 0 Å². The third-order valence-corrected chi connectivity index (χ3v) is 2.93. The van der Waals surface area contributed by atoms with Gasteiger partial charge in [0.2, 0.25) is 0 Å². The molecule has 0 heterocycles. The van der Waals surface area contributed by atoms with Crippen molar-refractivity contribution in [3.63, 3.8) is 0 Å². The first-order valence-electron chi connectivity index (χ1n) is 5.10. The minimum absolute atomic E-state index is 0.337. The number of ketones is 1. The topological polar surface area (TPSA) is 17.1 Å². The molecule has 1 fully saturated rings. The van der Waals surface area contributed by atoms with E-state index >= 15 is 0 Å². The van der Waals surface area contributed by atoms with Gasteiger partial charge >= 0.3 is 0 Å². The largest absolute Gasteiger partial charge is 0.299 e. The van der Waals surface area contributed by atoms with Crippen molar-refractivity contribution in [3.05, 3.63) is 0 Å². The normalized spacial score (nSPS) is 25.4. The Kier molecular flexibility index (Phi) is 2.92. The maximum absolute atomic E-state index is 11.5. The zero-order chi connectivity index (χ0) is 9.19. The molecule has 0 N–H and O–H groups in total. The highest BCUT2D eigenvalue weighted by Crippen LogP contribution is 2.52. The maximum atomic E-state index is 11.5. The van der Waals surface area contributed by atoms with Gasteiger partial charge in [-0.25, -0.2) is 0 Å². The molecule has 1 aliphatic rings. The second kappa shape index (κ2) is 3.59. The monoisotopic (exact) mass is 168 g/mol. The van der Waals surface area contributed by atoms with Crippen molar-refractivity contribution >= 4 is 5.78 Å². The molecule has 1 aliphatic carbocycles. The molecular weight excluding hydrogens is 148 g/mol. The minimum Gasteiger partial charge on any atom is -0.299 e. The van der Waals surface area contributed by atoms with Gasteiger partial charge in [0, 0.05) is 12.3 Å². The van der Waals surface area contributed by atoms with Gasteiger partial charge in [0.25, 0.3) is 0 Å². The molecule has 0 bridgehead atoms. The number of unbranched alkanes of at least 4 members (excludes halogenated alkanes) is 2. The second-order valence-corrected chi connectivity index (χ2v) is 4.67. The summed E-state index contributed by atoms with van der Waals surface area (Å²) in [5.74, 6) is 0.905. The summed E-state index contributed by atoms with van der Waals surface area (Å²) in [7, 11) is 0. The Balaban J connectivity index is 2.14. The van der Waals surface area contributed by atoms with Crippen LogP contribution < -0.4 is 0 Å². The van der Waals surface area contributed by atoms with Crippen LogP contribution in [0, 0.1) is 11.3 Å². The van der Waals surface area contributed by atoms with Crippen LogP contribution in [0.15, 0.2) is 0 Å². The zero-order valence-electron chi connectivity index (χ0n) is 8.52. The van der Waals surface area contributed by atoms with E-state index in [1.54, 1.807) is 0 Å². The minimum atomic E-state index is 0.337. The quantitative estimate of drug-likeness (QED) is 0.576. The van der Waals surface area contributed by atoms with E-state index in [9.17, 15) is 4.79 Å². The first kappa shape index (κ1) is 9.76. The Hall–Kier alpha value is -0.330. The number of hydrogen-bond acceptors (Lipinski definition) is 1. The lowest BCUT2D eigenvalue weighted by Crippen LogP contribution is -2.05. The lowest BCUT2D eigenvalue weighted by atomic mass is 10.0. The summed E-state index contributed by atoms with van der Waals surface area (Å²) in [6.07, 6.45) is 5.46. The van der Waals surface area contributed by atoms with E-state index in [-0.39, 0.29) is 0 Å². The lowest BCUT2D eigenvalue weighted by Gasteiger charge is -2.01. The molecule has 1 rings (SSSR count). The molecule has 0 saturated heterocycles. The third-order valence-electron chi connectivity index (χ3n) is 2.93. The van der Waals surface area contributed by atoms with Crippen LogP contribution in [0.5, 0.6) is 0 Å². The average molecular weight is 168 g/mol. The number of rotatable bonds is 5. The number of Topliss-reactive ketones (excluding diaryl/α,β-unsaturated/α-hetero) is 1. The van der Waals surface area contributed by atoms with E-state index in [1.165, 1.54) is 12.8 Å². The fourth-order valence-electron chi connectivity index (χ4n) is 1.74. The third kappa shape index (κ3) is 2.33. The summed E-state index contributed by atoms with van der Waals surface area (Å²) >= 11 is 0. The highest BCUT2D eigenvalue weighted by Gasteiger charge is 2.49. The van der Waals surface area contributed by atoms with Crippen LogP contribution in [-0.4, -0.2) is 5.78 Å². The van der Waals surface area contributed by atoms with E-state index in [0.29, 0.717) is 17.1 Å². The first-order valence-corrected chi connectivity index (χ1v) is 5.10. The molecule has 1 atom stereocenters. The Bertz CT molecular complexity index is 170. The van der Waals surface area contributed by atoms with Gasteiger partial charge in [0.15, 0.2) is 0 Å². The summed E-state index contributed by atoms with van der Waals surface area (Å²) in [4.78, 5) is 11.5. The van der Waals surface area contributed by atoms with Crippen LogP contribution in [0.25, 0.3) is 0 Å². The standard InChI is InChI=1S/C11H20O/c1-4-5-6-7-10(12)9-8-11(9,2)3/h9H,4-8H2,1-3H3. The molecule has 0 aliphatic heterocycles. The van der Waals surface area contributed by atoms with Gasteiger partial charge in [-0.2, -0.15) is 0 Å². The molecule has 1 heteroatoms. The van der Waals surface area contributed by atoms with Crippen molar-refractivity contribution < 1.29 is 4.79 Å². The fraction of sp³-hybridized carbons (Fsp3) is 0.909. The fourth-order valence-corrected chi connectivity index (χ4v) is 1.74. The van der Waals surface area contributed by atoms with E-state index in [4.69, 9.17) is 0 Å². The molecule has 12 heavy (non-hydrogen) atoms. The van der Waals surface area contributed by atoms with Crippen molar-refractivity contribution in [2.75, 3.05) is 0 Å². The van der Waals surface area contributed by atoms with Gasteiger partial charge < -0.3 is 0 Å². The van der Waals surface area contributed by atoms with E-state index in [0.717, 1.165) is 19.3 Å². The second-order valence-electron chi connectivity index (χ2n) is 4.67. The van der Waals surface area contributed by atoms with Crippen LogP contribution in [0.1, 0.15) is 52.9 Å².